The molecule has 0 aliphatic heterocycles. The molecule has 0 saturated carbocycles. The minimum Gasteiger partial charge on any atom is -0.481 e. The van der Waals surface area contributed by atoms with Crippen LogP contribution in [0.25, 0.3) is 0 Å². The summed E-state index contributed by atoms with van der Waals surface area (Å²) < 4.78 is 16.7. The van der Waals surface area contributed by atoms with E-state index in [4.69, 9.17) is 14.2 Å². The van der Waals surface area contributed by atoms with Crippen molar-refractivity contribution in [2.75, 3.05) is 34.5 Å². The normalized spacial score (nSPS) is 12.3. The van der Waals surface area contributed by atoms with Gasteiger partial charge in [-0.25, -0.2) is 9.48 Å². The molecule has 0 aromatic carbocycles. The number of aryl methyl sites for hydroxylation is 2. The number of nitrogens with zero attached hydrogens (tertiary/aromatic N) is 2. The highest BCUT2D eigenvalue weighted by atomic mass is 16.5. The summed E-state index contributed by atoms with van der Waals surface area (Å²) in [5.74, 6) is 0.156. The molecule has 19 heavy (non-hydrogen) atoms. The van der Waals surface area contributed by atoms with Gasteiger partial charge in [-0.1, -0.05) is 0 Å². The second-order valence-electron chi connectivity index (χ2n) is 4.04. The first kappa shape index (κ1) is 15.5. The summed E-state index contributed by atoms with van der Waals surface area (Å²) in [6.45, 7) is 2.84. The van der Waals surface area contributed by atoms with Crippen LogP contribution in [-0.4, -0.2) is 50.2 Å². The monoisotopic (exact) mass is 271 g/mol. The van der Waals surface area contributed by atoms with E-state index in [-0.39, 0.29) is 5.97 Å². The van der Waals surface area contributed by atoms with E-state index in [1.165, 1.54) is 7.11 Å². The first-order chi connectivity index (χ1) is 9.06. The van der Waals surface area contributed by atoms with Gasteiger partial charge in [0.2, 0.25) is 5.88 Å². The molecule has 0 spiro atoms. The first-order valence-corrected chi connectivity index (χ1v) is 5.94. The molecule has 1 aromatic rings. The molecule has 1 aromatic heterocycles. The van der Waals surface area contributed by atoms with E-state index in [0.717, 1.165) is 5.69 Å². The molecule has 0 fully saturated rings. The third kappa shape index (κ3) is 3.45. The minimum absolute atomic E-state index is 0.384. The lowest BCUT2D eigenvalue weighted by molar-refractivity contribution is -0.143. The summed E-state index contributed by atoms with van der Waals surface area (Å²) in [7, 11) is 6.26. The minimum atomic E-state index is -0.621. The van der Waals surface area contributed by atoms with Crippen LogP contribution in [0.15, 0.2) is 0 Å². The third-order valence-corrected chi connectivity index (χ3v) is 2.79. The van der Waals surface area contributed by atoms with Crippen LogP contribution in [0.4, 0.5) is 0 Å². The Morgan fingerprint density at radius 1 is 1.42 bits per heavy atom. The zero-order valence-corrected chi connectivity index (χ0v) is 12.0. The molecule has 0 radical (unpaired) electrons. The van der Waals surface area contributed by atoms with Crippen molar-refractivity contribution in [3.05, 3.63) is 11.3 Å². The largest absolute Gasteiger partial charge is 0.481 e. The Morgan fingerprint density at radius 2 is 2.11 bits per heavy atom. The molecule has 7 nitrogen and oxygen atoms in total. The fourth-order valence-corrected chi connectivity index (χ4v) is 1.95. The van der Waals surface area contributed by atoms with Crippen LogP contribution in [-0.2, 0) is 21.3 Å². The molecule has 0 bridgehead atoms. The number of ether oxygens (including phenoxy) is 3. The maximum Gasteiger partial charge on any atom is 0.327 e. The highest BCUT2D eigenvalue weighted by Crippen LogP contribution is 2.28. The number of methoxy groups -OCH3 is 3. The fourth-order valence-electron chi connectivity index (χ4n) is 1.95. The van der Waals surface area contributed by atoms with E-state index in [1.54, 1.807) is 25.9 Å². The molecule has 0 saturated heterocycles. The molecule has 1 unspecified atom stereocenters. The Hall–Kier alpha value is -1.60. The van der Waals surface area contributed by atoms with Crippen molar-refractivity contribution in [2.24, 2.45) is 7.05 Å². The smallest absolute Gasteiger partial charge is 0.327 e. The standard InChI is InChI=1S/C12H21N3O4/c1-8-9(11(18-4)15(2)14-8)10(12(16)19-5)13-6-7-17-3/h10,13H,6-7H2,1-5H3. The molecular formula is C12H21N3O4. The Bertz CT molecular complexity index is 431. The molecule has 108 valence electrons. The van der Waals surface area contributed by atoms with Gasteiger partial charge in [-0.3, -0.25) is 5.32 Å². The van der Waals surface area contributed by atoms with E-state index < -0.39 is 6.04 Å². The van der Waals surface area contributed by atoms with Crippen LogP contribution < -0.4 is 10.1 Å². The number of carbonyl (C=O) groups excluding carboxylic acids is 1. The number of esters is 1. The van der Waals surface area contributed by atoms with E-state index in [0.29, 0.717) is 24.6 Å². The van der Waals surface area contributed by atoms with Crippen molar-refractivity contribution in [2.45, 2.75) is 13.0 Å². The Morgan fingerprint density at radius 3 is 2.63 bits per heavy atom. The lowest BCUT2D eigenvalue weighted by atomic mass is 10.1. The van der Waals surface area contributed by atoms with Crippen molar-refractivity contribution < 1.29 is 19.0 Å². The molecule has 0 amide bonds. The number of carbonyl (C=O) groups is 1. The van der Waals surface area contributed by atoms with Gasteiger partial charge in [0.15, 0.2) is 0 Å². The molecule has 1 atom stereocenters. The van der Waals surface area contributed by atoms with Gasteiger partial charge in [-0.2, -0.15) is 5.10 Å². The van der Waals surface area contributed by atoms with Gasteiger partial charge in [0.25, 0.3) is 0 Å². The zero-order valence-electron chi connectivity index (χ0n) is 12.0. The van der Waals surface area contributed by atoms with Gasteiger partial charge in [0, 0.05) is 20.7 Å². The fraction of sp³-hybridized carbons (Fsp3) is 0.667. The van der Waals surface area contributed by atoms with Crippen molar-refractivity contribution in [3.63, 3.8) is 0 Å². The van der Waals surface area contributed by atoms with Crippen LogP contribution in [0.1, 0.15) is 17.3 Å². The molecule has 0 aliphatic rings. The Balaban J connectivity index is 3.06. The van der Waals surface area contributed by atoms with Crippen molar-refractivity contribution in [3.8, 4) is 5.88 Å². The van der Waals surface area contributed by atoms with E-state index in [2.05, 4.69) is 10.4 Å². The summed E-state index contributed by atoms with van der Waals surface area (Å²) in [4.78, 5) is 11.9. The number of hydrogen-bond donors (Lipinski definition) is 1. The van der Waals surface area contributed by atoms with E-state index in [9.17, 15) is 4.79 Å². The first-order valence-electron chi connectivity index (χ1n) is 5.94. The summed E-state index contributed by atoms with van der Waals surface area (Å²) in [6.07, 6.45) is 0. The van der Waals surface area contributed by atoms with Crippen LogP contribution in [0.3, 0.4) is 0 Å². The van der Waals surface area contributed by atoms with Gasteiger partial charge in [-0.05, 0) is 6.92 Å². The predicted molar refractivity (Wildman–Crippen MR) is 69.1 cm³/mol. The average molecular weight is 271 g/mol. The topological polar surface area (TPSA) is 74.6 Å². The SMILES string of the molecule is COCCNC(C(=O)OC)c1c(C)nn(C)c1OC. The Kier molecular flexibility index (Phi) is 5.78. The summed E-state index contributed by atoms with van der Waals surface area (Å²) >= 11 is 0. The zero-order chi connectivity index (χ0) is 14.4. The van der Waals surface area contributed by atoms with Crippen LogP contribution >= 0.6 is 0 Å². The van der Waals surface area contributed by atoms with Gasteiger partial charge in [-0.15, -0.1) is 0 Å². The summed E-state index contributed by atoms with van der Waals surface area (Å²) in [6, 6.07) is -0.621. The maximum absolute atomic E-state index is 11.9. The molecule has 1 rings (SSSR count). The molecule has 1 N–H and O–H groups in total. The second kappa shape index (κ2) is 7.10. The number of hydrogen-bond acceptors (Lipinski definition) is 6. The van der Waals surface area contributed by atoms with Crippen molar-refractivity contribution in [1.29, 1.82) is 0 Å². The van der Waals surface area contributed by atoms with Gasteiger partial charge >= 0.3 is 5.97 Å². The molecular weight excluding hydrogens is 250 g/mol. The predicted octanol–water partition coefficient (Wildman–Crippen LogP) is 0.187. The molecule has 1 heterocycles. The van der Waals surface area contributed by atoms with Gasteiger partial charge in [0.1, 0.15) is 6.04 Å². The van der Waals surface area contributed by atoms with Crippen molar-refractivity contribution >= 4 is 5.97 Å². The van der Waals surface area contributed by atoms with Gasteiger partial charge in [0.05, 0.1) is 32.1 Å². The summed E-state index contributed by atoms with van der Waals surface area (Å²) in [5.41, 5.74) is 1.41. The van der Waals surface area contributed by atoms with E-state index in [1.807, 2.05) is 6.92 Å². The number of nitrogens with one attached hydrogen (secondary N) is 1. The van der Waals surface area contributed by atoms with Crippen molar-refractivity contribution in [1.82, 2.24) is 15.1 Å². The van der Waals surface area contributed by atoms with Crippen LogP contribution in [0.2, 0.25) is 0 Å². The molecule has 7 heteroatoms. The van der Waals surface area contributed by atoms with Crippen LogP contribution in [0.5, 0.6) is 5.88 Å². The quantitative estimate of drug-likeness (QED) is 0.563. The third-order valence-electron chi connectivity index (χ3n) is 2.79. The lowest BCUT2D eigenvalue weighted by Crippen LogP contribution is -2.32. The maximum atomic E-state index is 11.9. The Labute approximate surface area is 112 Å². The number of rotatable bonds is 7. The lowest BCUT2D eigenvalue weighted by Gasteiger charge is -2.17. The number of aromatic nitrogens is 2. The van der Waals surface area contributed by atoms with E-state index >= 15 is 0 Å². The average Bonchev–Trinajstić information content (AvgIpc) is 2.68. The van der Waals surface area contributed by atoms with Crippen LogP contribution in [0, 0.1) is 6.92 Å². The van der Waals surface area contributed by atoms with Gasteiger partial charge < -0.3 is 14.2 Å². The second-order valence-corrected chi connectivity index (χ2v) is 4.04. The molecule has 0 aliphatic carbocycles. The summed E-state index contributed by atoms with van der Waals surface area (Å²) in [5, 5.41) is 7.34. The highest BCUT2D eigenvalue weighted by Gasteiger charge is 2.29. The highest BCUT2D eigenvalue weighted by molar-refractivity contribution is 5.78.